The van der Waals surface area contributed by atoms with Gasteiger partial charge < -0.3 is 10.2 Å². The lowest BCUT2D eigenvalue weighted by molar-refractivity contribution is 0.299. The lowest BCUT2D eigenvalue weighted by Gasteiger charge is -2.04. The van der Waals surface area contributed by atoms with Crippen molar-refractivity contribution in [1.29, 1.82) is 0 Å². The Morgan fingerprint density at radius 2 is 2.00 bits per heavy atom. The van der Waals surface area contributed by atoms with Crippen molar-refractivity contribution in [1.82, 2.24) is 0 Å². The van der Waals surface area contributed by atoms with Crippen LogP contribution >= 0.6 is 12.2 Å². The third-order valence-electron chi connectivity index (χ3n) is 1.63. The van der Waals surface area contributed by atoms with E-state index in [1.807, 2.05) is 12.1 Å². The van der Waals surface area contributed by atoms with Crippen LogP contribution in [0.5, 0.6) is 0 Å². The van der Waals surface area contributed by atoms with Gasteiger partial charge in [-0.3, -0.25) is 0 Å². The third-order valence-corrected chi connectivity index (χ3v) is 1.85. The van der Waals surface area contributed by atoms with E-state index < -0.39 is 0 Å². The fraction of sp³-hybridized carbons (Fsp3) is 0.222. The van der Waals surface area contributed by atoms with Gasteiger partial charge in [-0.1, -0.05) is 24.3 Å². The van der Waals surface area contributed by atoms with Gasteiger partial charge in [0, 0.05) is 12.2 Å². The molecule has 0 saturated carbocycles. The molecule has 0 fully saturated rings. The van der Waals surface area contributed by atoms with Crippen LogP contribution < -0.4 is 0 Å². The molecule has 0 aromatic heterocycles. The first kappa shape index (κ1) is 9.16. The lowest BCUT2D eigenvalue weighted by atomic mass is 10.1. The van der Waals surface area contributed by atoms with Crippen molar-refractivity contribution in [2.45, 2.75) is 6.42 Å². The number of thiocarbonyl (C=S) groups is 1. The maximum atomic E-state index is 9.08. The van der Waals surface area contributed by atoms with Crippen LogP contribution in [0.1, 0.15) is 11.1 Å². The van der Waals surface area contributed by atoms with Gasteiger partial charge >= 0.3 is 0 Å². The van der Waals surface area contributed by atoms with Crippen molar-refractivity contribution in [2.75, 3.05) is 6.61 Å². The van der Waals surface area contributed by atoms with Crippen LogP contribution in [0.4, 0.5) is 0 Å². The van der Waals surface area contributed by atoms with Crippen LogP contribution in [-0.4, -0.2) is 21.9 Å². The van der Waals surface area contributed by atoms with Gasteiger partial charge in [0.05, 0.1) is 0 Å². The van der Waals surface area contributed by atoms with E-state index in [1.165, 1.54) is 0 Å². The Kier molecular flexibility index (Phi) is 3.19. The second-order valence-corrected chi connectivity index (χ2v) is 2.82. The molecule has 0 saturated heterocycles. The molecule has 0 atom stereocenters. The molecular formula is C9H10O2S. The van der Waals surface area contributed by atoms with Crippen molar-refractivity contribution in [3.8, 4) is 0 Å². The van der Waals surface area contributed by atoms with E-state index in [0.717, 1.165) is 5.56 Å². The van der Waals surface area contributed by atoms with Gasteiger partial charge in [-0.15, -0.1) is 0 Å². The zero-order chi connectivity index (χ0) is 8.97. The highest BCUT2D eigenvalue weighted by Gasteiger charge is 2.03. The lowest BCUT2D eigenvalue weighted by Crippen LogP contribution is -2.02. The molecule has 12 heavy (non-hydrogen) atoms. The van der Waals surface area contributed by atoms with Crippen LogP contribution in [0, 0.1) is 0 Å². The maximum Gasteiger partial charge on any atom is 0.188 e. The summed E-state index contributed by atoms with van der Waals surface area (Å²) in [6.07, 6.45) is 0.525. The number of aliphatic hydroxyl groups is 2. The minimum Gasteiger partial charge on any atom is -0.499 e. The SMILES string of the molecule is OCCc1ccccc1C(O)=S. The monoisotopic (exact) mass is 182 g/mol. The van der Waals surface area contributed by atoms with E-state index in [9.17, 15) is 0 Å². The summed E-state index contributed by atoms with van der Waals surface area (Å²) in [6, 6.07) is 7.24. The Labute approximate surface area is 76.5 Å². The highest BCUT2D eigenvalue weighted by molar-refractivity contribution is 7.80. The molecule has 1 aromatic carbocycles. The Bertz CT molecular complexity index is 284. The van der Waals surface area contributed by atoms with Gasteiger partial charge in [0.25, 0.3) is 0 Å². The minimum absolute atomic E-state index is 0.0691. The smallest absolute Gasteiger partial charge is 0.188 e. The zero-order valence-corrected chi connectivity index (χ0v) is 7.34. The van der Waals surface area contributed by atoms with Gasteiger partial charge in [0.15, 0.2) is 5.05 Å². The molecule has 2 nitrogen and oxygen atoms in total. The molecule has 0 spiro atoms. The molecule has 0 aliphatic rings. The van der Waals surface area contributed by atoms with Gasteiger partial charge in [0.1, 0.15) is 0 Å². The van der Waals surface area contributed by atoms with E-state index in [2.05, 4.69) is 12.2 Å². The molecular weight excluding hydrogens is 172 g/mol. The first-order valence-electron chi connectivity index (χ1n) is 3.67. The molecule has 0 unspecified atom stereocenters. The summed E-state index contributed by atoms with van der Waals surface area (Å²) in [4.78, 5) is 0. The predicted octanol–water partition coefficient (Wildman–Crippen LogP) is 1.45. The Balaban J connectivity index is 3.00. The molecule has 0 bridgehead atoms. The molecule has 1 aromatic rings. The van der Waals surface area contributed by atoms with E-state index in [4.69, 9.17) is 10.2 Å². The molecule has 0 amide bonds. The van der Waals surface area contributed by atoms with E-state index in [-0.39, 0.29) is 11.7 Å². The number of benzene rings is 1. The average Bonchev–Trinajstić information content (AvgIpc) is 2.05. The summed E-state index contributed by atoms with van der Waals surface area (Å²) in [5, 5.41) is 17.7. The second-order valence-electron chi connectivity index (χ2n) is 2.44. The number of aliphatic hydroxyl groups excluding tert-OH is 2. The first-order valence-corrected chi connectivity index (χ1v) is 4.08. The first-order chi connectivity index (χ1) is 5.75. The van der Waals surface area contributed by atoms with E-state index in [1.54, 1.807) is 12.1 Å². The van der Waals surface area contributed by atoms with Crippen LogP contribution in [-0.2, 0) is 6.42 Å². The summed E-state index contributed by atoms with van der Waals surface area (Å²) in [5.74, 6) is 0. The Morgan fingerprint density at radius 1 is 1.33 bits per heavy atom. The summed E-state index contributed by atoms with van der Waals surface area (Å²) in [6.45, 7) is 0.0691. The fourth-order valence-corrected chi connectivity index (χ4v) is 1.27. The summed E-state index contributed by atoms with van der Waals surface area (Å²) >= 11 is 4.64. The molecule has 64 valence electrons. The van der Waals surface area contributed by atoms with Gasteiger partial charge in [-0.25, -0.2) is 0 Å². The number of hydrogen-bond acceptors (Lipinski definition) is 2. The Hall–Kier alpha value is -0.930. The average molecular weight is 182 g/mol. The summed E-state index contributed by atoms with van der Waals surface area (Å²) in [7, 11) is 0. The molecule has 0 aliphatic heterocycles. The van der Waals surface area contributed by atoms with E-state index in [0.29, 0.717) is 12.0 Å². The summed E-state index contributed by atoms with van der Waals surface area (Å²) in [5.41, 5.74) is 1.52. The van der Waals surface area contributed by atoms with E-state index >= 15 is 0 Å². The molecule has 0 heterocycles. The second kappa shape index (κ2) is 4.18. The van der Waals surface area contributed by atoms with Crippen molar-refractivity contribution < 1.29 is 10.2 Å². The van der Waals surface area contributed by atoms with Crippen LogP contribution in [0.25, 0.3) is 0 Å². The van der Waals surface area contributed by atoms with Crippen LogP contribution in [0.3, 0.4) is 0 Å². The van der Waals surface area contributed by atoms with Gasteiger partial charge in [0.2, 0.25) is 0 Å². The molecule has 3 heteroatoms. The normalized spacial score (nSPS) is 9.75. The predicted molar refractivity (Wildman–Crippen MR) is 51.6 cm³/mol. The van der Waals surface area contributed by atoms with Gasteiger partial charge in [-0.2, -0.15) is 0 Å². The largest absolute Gasteiger partial charge is 0.499 e. The van der Waals surface area contributed by atoms with Crippen LogP contribution in [0.2, 0.25) is 0 Å². The van der Waals surface area contributed by atoms with Crippen molar-refractivity contribution in [2.24, 2.45) is 0 Å². The third kappa shape index (κ3) is 2.03. The number of rotatable bonds is 3. The van der Waals surface area contributed by atoms with Crippen molar-refractivity contribution >= 4 is 17.3 Å². The highest BCUT2D eigenvalue weighted by atomic mass is 32.1. The zero-order valence-electron chi connectivity index (χ0n) is 6.53. The molecule has 0 aliphatic carbocycles. The quantitative estimate of drug-likeness (QED) is 0.695. The van der Waals surface area contributed by atoms with Crippen LogP contribution in [0.15, 0.2) is 24.3 Å². The topological polar surface area (TPSA) is 40.5 Å². The molecule has 1 rings (SSSR count). The van der Waals surface area contributed by atoms with Crippen molar-refractivity contribution in [3.05, 3.63) is 35.4 Å². The molecule has 0 radical (unpaired) electrons. The standard InChI is InChI=1S/C9H10O2S/c10-6-5-7-3-1-2-4-8(7)9(11)12/h1-4,10H,5-6H2,(H,11,12). The molecule has 2 N–H and O–H groups in total. The minimum atomic E-state index is -0.112. The van der Waals surface area contributed by atoms with Gasteiger partial charge in [-0.05, 0) is 24.2 Å². The number of hydrogen-bond donors (Lipinski definition) is 2. The maximum absolute atomic E-state index is 9.08. The summed E-state index contributed by atoms with van der Waals surface area (Å²) < 4.78 is 0. The fourth-order valence-electron chi connectivity index (χ4n) is 1.07. The Morgan fingerprint density at radius 3 is 2.58 bits per heavy atom. The highest BCUT2D eigenvalue weighted by Crippen LogP contribution is 2.09. The van der Waals surface area contributed by atoms with Crippen molar-refractivity contribution in [3.63, 3.8) is 0 Å².